The Hall–Kier alpha value is -1.77. The molecule has 0 atom stereocenters. The topological polar surface area (TPSA) is 123 Å². The number of rotatable bonds is 4. The van der Waals surface area contributed by atoms with Crippen LogP contribution in [0.1, 0.15) is 5.69 Å². The van der Waals surface area contributed by atoms with Crippen molar-refractivity contribution in [3.05, 3.63) is 11.8 Å². The van der Waals surface area contributed by atoms with Crippen LogP contribution in [-0.4, -0.2) is 51.0 Å². The number of hydrogen-bond donors (Lipinski definition) is 0. The van der Waals surface area contributed by atoms with E-state index >= 15 is 0 Å². The van der Waals surface area contributed by atoms with Crippen LogP contribution in [0.4, 0.5) is 45.3 Å². The summed E-state index contributed by atoms with van der Waals surface area (Å²) >= 11 is 0. The van der Waals surface area contributed by atoms with Gasteiger partial charge in [-0.3, -0.25) is 0 Å². The normalized spacial score (nSPS) is 14.9. The number of anilines is 1. The van der Waals surface area contributed by atoms with Crippen LogP contribution in [0, 0.1) is 6.92 Å². The van der Waals surface area contributed by atoms with E-state index < -0.39 is 65.9 Å². The molecule has 0 aliphatic heterocycles. The molecule has 0 spiro atoms. The van der Waals surface area contributed by atoms with Crippen molar-refractivity contribution in [1.29, 1.82) is 0 Å². The highest BCUT2D eigenvalue weighted by Crippen LogP contribution is 2.39. The standard InChI is InChI=1S/C7H4F9N3O6S3/c1-3-2-4(17-18(3)26(20,21)5(8,9)10)19(27(22,23)6(11,12)13)28(24,25)7(14,15)16/h2H,1H3. The molecular formula is C7H4F9N3O6S3. The van der Waals surface area contributed by atoms with Crippen molar-refractivity contribution in [3.63, 3.8) is 0 Å². The summed E-state index contributed by atoms with van der Waals surface area (Å²) in [5.41, 5.74) is -20.9. The molecular weight excluding hydrogens is 489 g/mol. The average Bonchev–Trinajstić information content (AvgIpc) is 2.76. The van der Waals surface area contributed by atoms with Crippen molar-refractivity contribution >= 4 is 35.9 Å². The molecule has 28 heavy (non-hydrogen) atoms. The number of aromatic nitrogens is 2. The number of halogens is 9. The molecule has 9 nitrogen and oxygen atoms in total. The molecule has 1 aromatic heterocycles. The Morgan fingerprint density at radius 3 is 1.43 bits per heavy atom. The predicted molar refractivity (Wildman–Crippen MR) is 69.8 cm³/mol. The van der Waals surface area contributed by atoms with E-state index in [-0.39, 0.29) is 6.07 Å². The Labute approximate surface area is 149 Å². The van der Waals surface area contributed by atoms with Crippen LogP contribution >= 0.6 is 0 Å². The third-order valence-electron chi connectivity index (χ3n) is 2.56. The van der Waals surface area contributed by atoms with Crippen molar-refractivity contribution in [2.75, 3.05) is 3.71 Å². The van der Waals surface area contributed by atoms with Crippen LogP contribution in [0.15, 0.2) is 6.07 Å². The van der Waals surface area contributed by atoms with Crippen LogP contribution in [0.25, 0.3) is 0 Å². The van der Waals surface area contributed by atoms with Crippen LogP contribution in [0.2, 0.25) is 0 Å². The minimum atomic E-state index is -7.44. The van der Waals surface area contributed by atoms with Gasteiger partial charge < -0.3 is 0 Å². The molecule has 0 N–H and O–H groups in total. The lowest BCUT2D eigenvalue weighted by Gasteiger charge is -2.23. The maximum absolute atomic E-state index is 12.6. The van der Waals surface area contributed by atoms with Crippen molar-refractivity contribution in [3.8, 4) is 0 Å². The fraction of sp³-hybridized carbons (Fsp3) is 0.571. The van der Waals surface area contributed by atoms with Gasteiger partial charge in [-0.1, -0.05) is 0 Å². The van der Waals surface area contributed by atoms with Crippen molar-refractivity contribution in [2.24, 2.45) is 0 Å². The van der Waals surface area contributed by atoms with Gasteiger partial charge in [0.2, 0.25) is 0 Å². The highest BCUT2D eigenvalue weighted by Gasteiger charge is 2.63. The molecule has 0 aliphatic rings. The molecule has 0 aromatic carbocycles. The first-order chi connectivity index (χ1) is 12.0. The third-order valence-corrected chi connectivity index (χ3v) is 7.57. The zero-order valence-electron chi connectivity index (χ0n) is 12.5. The van der Waals surface area contributed by atoms with Gasteiger partial charge in [0.05, 0.1) is 5.69 Å². The Morgan fingerprint density at radius 2 is 1.14 bits per heavy atom. The van der Waals surface area contributed by atoms with E-state index in [1.807, 2.05) is 0 Å². The Balaban J connectivity index is 3.96. The molecule has 0 unspecified atom stereocenters. The Bertz CT molecular complexity index is 1030. The van der Waals surface area contributed by atoms with Gasteiger partial charge in [-0.2, -0.15) is 68.9 Å². The zero-order chi connectivity index (χ0) is 22.7. The van der Waals surface area contributed by atoms with Gasteiger partial charge in [0.1, 0.15) is 0 Å². The van der Waals surface area contributed by atoms with E-state index in [2.05, 4.69) is 5.10 Å². The van der Waals surface area contributed by atoms with Crippen LogP contribution in [-0.2, 0) is 30.1 Å². The van der Waals surface area contributed by atoms with Crippen LogP contribution in [0.5, 0.6) is 0 Å². The highest BCUT2D eigenvalue weighted by atomic mass is 32.3. The first-order valence-electron chi connectivity index (χ1n) is 5.81. The van der Waals surface area contributed by atoms with Gasteiger partial charge in [-0.05, 0) is 6.92 Å². The predicted octanol–water partition coefficient (Wildman–Crippen LogP) is 1.39. The van der Waals surface area contributed by atoms with E-state index in [1.54, 1.807) is 0 Å². The molecule has 0 saturated heterocycles. The highest BCUT2D eigenvalue weighted by molar-refractivity contribution is 8.11. The maximum Gasteiger partial charge on any atom is 0.518 e. The van der Waals surface area contributed by atoms with Gasteiger partial charge >= 0.3 is 46.6 Å². The molecule has 1 rings (SSSR count). The summed E-state index contributed by atoms with van der Waals surface area (Å²) in [5.74, 6) is -2.42. The van der Waals surface area contributed by atoms with E-state index in [9.17, 15) is 64.8 Å². The molecule has 0 radical (unpaired) electrons. The summed E-state index contributed by atoms with van der Waals surface area (Å²) in [7, 11) is -21.4. The van der Waals surface area contributed by atoms with Crippen LogP contribution in [0.3, 0.4) is 0 Å². The molecule has 1 aromatic rings. The lowest BCUT2D eigenvalue weighted by atomic mass is 10.5. The first kappa shape index (κ1) is 24.3. The fourth-order valence-electron chi connectivity index (χ4n) is 1.44. The quantitative estimate of drug-likeness (QED) is 0.581. The van der Waals surface area contributed by atoms with Gasteiger partial charge in [0, 0.05) is 6.07 Å². The lowest BCUT2D eigenvalue weighted by molar-refractivity contribution is -0.0468. The summed E-state index contributed by atoms with van der Waals surface area (Å²) in [6, 6.07) is -0.351. The number of nitrogens with zero attached hydrogens (tertiary/aromatic N) is 3. The minimum Gasteiger partial charge on any atom is -0.196 e. The molecule has 1 heterocycles. The molecule has 0 amide bonds. The van der Waals surface area contributed by atoms with Crippen LogP contribution < -0.4 is 3.71 Å². The Morgan fingerprint density at radius 1 is 0.786 bits per heavy atom. The number of sulfonamides is 2. The zero-order valence-corrected chi connectivity index (χ0v) is 14.9. The lowest BCUT2D eigenvalue weighted by Crippen LogP contribution is -2.49. The minimum absolute atomic E-state index is 0.351. The van der Waals surface area contributed by atoms with Crippen molar-refractivity contribution in [2.45, 2.75) is 23.4 Å². The number of hydrogen-bond acceptors (Lipinski definition) is 7. The SMILES string of the molecule is Cc1cc(N(S(=O)(=O)C(F)(F)F)S(=O)(=O)C(F)(F)F)nn1S(=O)(=O)C(F)(F)F. The number of alkyl halides is 9. The fourth-order valence-corrected chi connectivity index (χ4v) is 4.84. The second-order valence-electron chi connectivity index (χ2n) is 4.54. The average molecular weight is 493 g/mol. The third kappa shape index (κ3) is 3.73. The summed E-state index contributed by atoms with van der Waals surface area (Å²) in [6.45, 7) is 0.360. The smallest absolute Gasteiger partial charge is 0.196 e. The molecule has 0 bridgehead atoms. The number of aryl methyl sites for hydroxylation is 1. The summed E-state index contributed by atoms with van der Waals surface area (Å²) in [5, 5.41) is 2.18. The largest absolute Gasteiger partial charge is 0.518 e. The monoisotopic (exact) mass is 493 g/mol. The van der Waals surface area contributed by atoms with Crippen molar-refractivity contribution < 1.29 is 64.8 Å². The van der Waals surface area contributed by atoms with E-state index in [0.29, 0.717) is 6.92 Å². The van der Waals surface area contributed by atoms with Gasteiger partial charge in [0.15, 0.2) is 5.82 Å². The molecule has 21 heteroatoms. The van der Waals surface area contributed by atoms with E-state index in [0.717, 1.165) is 0 Å². The second-order valence-corrected chi connectivity index (χ2v) is 10.1. The van der Waals surface area contributed by atoms with Crippen molar-refractivity contribution in [1.82, 2.24) is 9.19 Å². The molecule has 164 valence electrons. The van der Waals surface area contributed by atoms with E-state index in [4.69, 9.17) is 0 Å². The van der Waals surface area contributed by atoms with E-state index in [1.165, 1.54) is 0 Å². The second kappa shape index (κ2) is 6.37. The summed E-state index contributed by atoms with van der Waals surface area (Å²) in [6.07, 6.45) is 0. The molecule has 0 fully saturated rings. The van der Waals surface area contributed by atoms with Gasteiger partial charge in [-0.15, -0.1) is 8.81 Å². The summed E-state index contributed by atoms with van der Waals surface area (Å²) < 4.78 is 177. The maximum atomic E-state index is 12.6. The molecule has 0 aliphatic carbocycles. The Kier molecular flexibility index (Phi) is 5.52. The first-order valence-corrected chi connectivity index (χ1v) is 10.1. The summed E-state index contributed by atoms with van der Waals surface area (Å²) in [4.78, 5) is 0. The van der Waals surface area contributed by atoms with Gasteiger partial charge in [-0.25, -0.2) is 0 Å². The van der Waals surface area contributed by atoms with Gasteiger partial charge in [0.25, 0.3) is 0 Å². The molecule has 0 saturated carbocycles.